The Balaban J connectivity index is 2.72. The molecule has 1 atom stereocenters. The minimum atomic E-state index is -0.813. The number of rotatable bonds is 6. The monoisotopic (exact) mass is 264 g/mol. The van der Waals surface area contributed by atoms with Crippen molar-refractivity contribution in [2.75, 3.05) is 14.1 Å². The summed E-state index contributed by atoms with van der Waals surface area (Å²) in [5, 5.41) is 11.6. The molecule has 0 bridgehead atoms. The highest BCUT2D eigenvalue weighted by Gasteiger charge is 2.20. The van der Waals surface area contributed by atoms with E-state index in [-0.39, 0.29) is 5.91 Å². The molecule has 0 aliphatic rings. The number of hydrogen-bond donors (Lipinski definition) is 2. The molecule has 5 nitrogen and oxygen atoms in total. The van der Waals surface area contributed by atoms with Crippen molar-refractivity contribution in [3.8, 4) is 0 Å². The zero-order valence-electron chi connectivity index (χ0n) is 11.5. The summed E-state index contributed by atoms with van der Waals surface area (Å²) < 4.78 is 0. The minimum absolute atomic E-state index is 0.128. The largest absolute Gasteiger partial charge is 0.480 e. The number of nitrogens with one attached hydrogen (secondary N) is 1. The molecule has 0 aliphatic carbocycles. The molecule has 1 aromatic rings. The third-order valence-electron chi connectivity index (χ3n) is 3.08. The van der Waals surface area contributed by atoms with Crippen molar-refractivity contribution in [2.45, 2.75) is 25.9 Å². The quantitative estimate of drug-likeness (QED) is 0.813. The van der Waals surface area contributed by atoms with Crippen LogP contribution in [0.3, 0.4) is 0 Å². The first-order chi connectivity index (χ1) is 8.99. The Kier molecular flexibility index (Phi) is 5.51. The van der Waals surface area contributed by atoms with Gasteiger partial charge in [-0.2, -0.15) is 0 Å². The topological polar surface area (TPSA) is 69.6 Å². The maximum absolute atomic E-state index is 11.4. The number of likely N-dealkylation sites (N-methyl/N-ethyl adjacent to an activating group) is 1. The lowest BCUT2D eigenvalue weighted by Gasteiger charge is -2.23. The van der Waals surface area contributed by atoms with Crippen molar-refractivity contribution in [3.63, 3.8) is 0 Å². The number of nitrogens with zero attached hydrogens (tertiary/aromatic N) is 1. The molecule has 1 rings (SSSR count). The number of carbonyl (C=O) groups excluding carboxylic acids is 1. The van der Waals surface area contributed by atoms with Gasteiger partial charge in [0.25, 0.3) is 5.91 Å². The number of benzene rings is 1. The van der Waals surface area contributed by atoms with E-state index in [9.17, 15) is 9.59 Å². The van der Waals surface area contributed by atoms with Gasteiger partial charge in [0.1, 0.15) is 6.04 Å². The predicted molar refractivity (Wildman–Crippen MR) is 73.0 cm³/mol. The Bertz CT molecular complexity index is 443. The Morgan fingerprint density at radius 3 is 2.32 bits per heavy atom. The fourth-order valence-corrected chi connectivity index (χ4v) is 1.98. The first kappa shape index (κ1) is 15.2. The summed E-state index contributed by atoms with van der Waals surface area (Å²) in [6.45, 7) is 2.39. The van der Waals surface area contributed by atoms with Gasteiger partial charge in [-0.05, 0) is 31.2 Å². The van der Waals surface area contributed by atoms with Crippen LogP contribution < -0.4 is 5.32 Å². The zero-order valence-corrected chi connectivity index (χ0v) is 11.5. The van der Waals surface area contributed by atoms with Gasteiger partial charge >= 0.3 is 5.97 Å². The fraction of sp³-hybridized carbons (Fsp3) is 0.429. The molecule has 0 saturated heterocycles. The normalized spacial score (nSPS) is 12.2. The van der Waals surface area contributed by atoms with Crippen molar-refractivity contribution >= 4 is 11.9 Å². The lowest BCUT2D eigenvalue weighted by molar-refractivity contribution is -0.143. The smallest absolute Gasteiger partial charge is 0.320 e. The molecule has 1 aromatic carbocycles. The maximum atomic E-state index is 11.4. The lowest BCUT2D eigenvalue weighted by atomic mass is 10.1. The number of aliphatic carboxylic acids is 1. The van der Waals surface area contributed by atoms with Crippen LogP contribution in [0.25, 0.3) is 0 Å². The molecule has 19 heavy (non-hydrogen) atoms. The summed E-state index contributed by atoms with van der Waals surface area (Å²) in [6, 6.07) is 6.68. The van der Waals surface area contributed by atoms with E-state index < -0.39 is 12.0 Å². The molecule has 104 valence electrons. The first-order valence-corrected chi connectivity index (χ1v) is 6.23. The number of carboxylic acids is 1. The summed E-state index contributed by atoms with van der Waals surface area (Å²) >= 11 is 0. The molecular formula is C14H20N2O3. The number of carboxylic acid groups (broad SMARTS) is 1. The predicted octanol–water partition coefficient (Wildman–Crippen LogP) is 1.34. The summed E-state index contributed by atoms with van der Waals surface area (Å²) in [7, 11) is 3.37. The van der Waals surface area contributed by atoms with E-state index in [0.29, 0.717) is 18.5 Å². The van der Waals surface area contributed by atoms with Gasteiger partial charge in [0.05, 0.1) is 0 Å². The van der Waals surface area contributed by atoms with E-state index in [2.05, 4.69) is 5.32 Å². The maximum Gasteiger partial charge on any atom is 0.320 e. The van der Waals surface area contributed by atoms with Gasteiger partial charge in [-0.1, -0.05) is 19.1 Å². The van der Waals surface area contributed by atoms with E-state index in [1.54, 1.807) is 31.1 Å². The molecular weight excluding hydrogens is 244 g/mol. The lowest BCUT2D eigenvalue weighted by Crippen LogP contribution is -2.37. The molecule has 0 aromatic heterocycles. The van der Waals surface area contributed by atoms with Crippen LogP contribution in [0.2, 0.25) is 0 Å². The van der Waals surface area contributed by atoms with Crippen LogP contribution in [0.1, 0.15) is 29.3 Å². The van der Waals surface area contributed by atoms with E-state index in [1.165, 1.54) is 0 Å². The van der Waals surface area contributed by atoms with Crippen LogP contribution in [0, 0.1) is 0 Å². The van der Waals surface area contributed by atoms with Crippen molar-refractivity contribution < 1.29 is 14.7 Å². The molecule has 0 radical (unpaired) electrons. The van der Waals surface area contributed by atoms with Gasteiger partial charge in [0.15, 0.2) is 0 Å². The van der Waals surface area contributed by atoms with Crippen molar-refractivity contribution in [2.24, 2.45) is 0 Å². The van der Waals surface area contributed by atoms with Crippen molar-refractivity contribution in [3.05, 3.63) is 35.4 Å². The summed E-state index contributed by atoms with van der Waals surface area (Å²) in [6.07, 6.45) is 0.558. The third-order valence-corrected chi connectivity index (χ3v) is 3.08. The van der Waals surface area contributed by atoms with E-state index in [0.717, 1.165) is 5.56 Å². The van der Waals surface area contributed by atoms with Crippen LogP contribution in [0.15, 0.2) is 24.3 Å². The van der Waals surface area contributed by atoms with Crippen molar-refractivity contribution in [1.82, 2.24) is 10.2 Å². The second-order valence-corrected chi connectivity index (χ2v) is 4.45. The summed E-state index contributed by atoms with van der Waals surface area (Å²) in [4.78, 5) is 24.2. The highest BCUT2D eigenvalue weighted by Crippen LogP contribution is 2.10. The average Bonchev–Trinajstić information content (AvgIpc) is 2.39. The first-order valence-electron chi connectivity index (χ1n) is 6.23. The van der Waals surface area contributed by atoms with Gasteiger partial charge in [0.2, 0.25) is 0 Å². The van der Waals surface area contributed by atoms with Gasteiger partial charge in [-0.3, -0.25) is 14.5 Å². The molecule has 0 saturated carbocycles. The Morgan fingerprint density at radius 2 is 1.89 bits per heavy atom. The number of hydrogen-bond acceptors (Lipinski definition) is 3. The third kappa shape index (κ3) is 4.06. The van der Waals surface area contributed by atoms with Crippen LogP contribution in [-0.2, 0) is 11.3 Å². The summed E-state index contributed by atoms with van der Waals surface area (Å²) in [5.74, 6) is -0.941. The molecule has 1 amide bonds. The second-order valence-electron chi connectivity index (χ2n) is 4.45. The van der Waals surface area contributed by atoms with Gasteiger partial charge in [0, 0.05) is 19.2 Å². The minimum Gasteiger partial charge on any atom is -0.480 e. The molecule has 1 unspecified atom stereocenters. The van der Waals surface area contributed by atoms with E-state index in [1.807, 2.05) is 19.1 Å². The highest BCUT2D eigenvalue weighted by atomic mass is 16.4. The molecule has 0 heterocycles. The van der Waals surface area contributed by atoms with Crippen LogP contribution in [0.5, 0.6) is 0 Å². The number of amides is 1. The van der Waals surface area contributed by atoms with Gasteiger partial charge in [-0.15, -0.1) is 0 Å². The molecule has 0 aliphatic heterocycles. The standard InChI is InChI=1S/C14H20N2O3/c1-4-12(14(18)19)16(3)9-10-5-7-11(8-6-10)13(17)15-2/h5-8,12H,4,9H2,1-3H3,(H,15,17)(H,18,19). The molecule has 5 heteroatoms. The number of carbonyl (C=O) groups is 2. The average molecular weight is 264 g/mol. The zero-order chi connectivity index (χ0) is 14.4. The highest BCUT2D eigenvalue weighted by molar-refractivity contribution is 5.93. The SMILES string of the molecule is CCC(C(=O)O)N(C)Cc1ccc(C(=O)NC)cc1. The molecule has 0 spiro atoms. The Morgan fingerprint density at radius 1 is 1.32 bits per heavy atom. The van der Waals surface area contributed by atoms with E-state index >= 15 is 0 Å². The second kappa shape index (κ2) is 6.89. The Labute approximate surface area is 113 Å². The van der Waals surface area contributed by atoms with Gasteiger partial charge < -0.3 is 10.4 Å². The Hall–Kier alpha value is -1.88. The molecule has 0 fully saturated rings. The van der Waals surface area contributed by atoms with E-state index in [4.69, 9.17) is 5.11 Å². The molecule has 2 N–H and O–H groups in total. The van der Waals surface area contributed by atoms with Gasteiger partial charge in [-0.25, -0.2) is 0 Å². The fourth-order valence-electron chi connectivity index (χ4n) is 1.98. The van der Waals surface area contributed by atoms with Crippen molar-refractivity contribution in [1.29, 1.82) is 0 Å². The van der Waals surface area contributed by atoms with Crippen LogP contribution in [-0.4, -0.2) is 42.0 Å². The van der Waals surface area contributed by atoms with Crippen LogP contribution >= 0.6 is 0 Å². The van der Waals surface area contributed by atoms with Crippen LogP contribution in [0.4, 0.5) is 0 Å². The summed E-state index contributed by atoms with van der Waals surface area (Å²) in [5.41, 5.74) is 1.58.